The van der Waals surface area contributed by atoms with Crippen LogP contribution in [0.3, 0.4) is 0 Å². The molecule has 1 aromatic rings. The number of rotatable bonds is 5. The normalized spacial score (nSPS) is 18.9. The zero-order valence-corrected chi connectivity index (χ0v) is 13.7. The third kappa shape index (κ3) is 3.45. The molecule has 7 nitrogen and oxygen atoms in total. The zero-order valence-electron chi connectivity index (χ0n) is 13.7. The number of anilines is 2. The van der Waals surface area contributed by atoms with Gasteiger partial charge in [-0.3, -0.25) is 9.69 Å². The lowest BCUT2D eigenvalue weighted by Crippen LogP contribution is -2.48. The standard InChI is InChI=1S/C16H25N5O2/c1-2-17-15-14-12(4-3-5-13(14)23)18-16(19-15)21-8-6-20(7-9-21)10-11-22/h22H,2-11H2,1H3,(H,17,18,19). The van der Waals surface area contributed by atoms with E-state index in [0.29, 0.717) is 17.8 Å². The van der Waals surface area contributed by atoms with Gasteiger partial charge >= 0.3 is 0 Å². The molecule has 7 heteroatoms. The second kappa shape index (κ2) is 7.23. The smallest absolute Gasteiger partial charge is 0.227 e. The fraction of sp³-hybridized carbons (Fsp3) is 0.688. The number of β-amino-alcohol motifs (C(OH)–C–C–N with tert-alkyl or cyclic N) is 1. The van der Waals surface area contributed by atoms with Crippen LogP contribution in [0, 0.1) is 0 Å². The molecular weight excluding hydrogens is 294 g/mol. The van der Waals surface area contributed by atoms with Crippen molar-refractivity contribution in [2.75, 3.05) is 56.1 Å². The number of aliphatic hydroxyl groups excluding tert-OH is 1. The maximum atomic E-state index is 12.2. The zero-order chi connectivity index (χ0) is 16.2. The number of carbonyl (C=O) groups is 1. The molecule has 2 heterocycles. The number of aryl methyl sites for hydroxylation is 1. The van der Waals surface area contributed by atoms with Gasteiger partial charge < -0.3 is 15.3 Å². The lowest BCUT2D eigenvalue weighted by atomic mass is 9.95. The summed E-state index contributed by atoms with van der Waals surface area (Å²) in [5.74, 6) is 1.56. The van der Waals surface area contributed by atoms with Crippen molar-refractivity contribution in [2.45, 2.75) is 26.2 Å². The van der Waals surface area contributed by atoms with Crippen LogP contribution >= 0.6 is 0 Å². The maximum Gasteiger partial charge on any atom is 0.227 e. The second-order valence-corrected chi connectivity index (χ2v) is 6.05. The number of piperazine rings is 1. The summed E-state index contributed by atoms with van der Waals surface area (Å²) in [7, 11) is 0. The lowest BCUT2D eigenvalue weighted by Gasteiger charge is -2.35. The van der Waals surface area contributed by atoms with Crippen molar-refractivity contribution in [2.24, 2.45) is 0 Å². The minimum absolute atomic E-state index is 0.154. The number of nitrogens with one attached hydrogen (secondary N) is 1. The Bertz CT molecular complexity index is 570. The highest BCUT2D eigenvalue weighted by atomic mass is 16.3. The van der Waals surface area contributed by atoms with Crippen LogP contribution in [0.25, 0.3) is 0 Å². The number of hydrogen-bond donors (Lipinski definition) is 2. The monoisotopic (exact) mass is 319 g/mol. The quantitative estimate of drug-likeness (QED) is 0.820. The molecule has 1 aromatic heterocycles. The molecule has 126 valence electrons. The summed E-state index contributed by atoms with van der Waals surface area (Å²) < 4.78 is 0. The molecule has 0 aromatic carbocycles. The van der Waals surface area contributed by atoms with Crippen molar-refractivity contribution < 1.29 is 9.90 Å². The van der Waals surface area contributed by atoms with Gasteiger partial charge in [-0.2, -0.15) is 4.98 Å². The number of carbonyl (C=O) groups excluding carboxylic acids is 1. The molecule has 0 radical (unpaired) electrons. The van der Waals surface area contributed by atoms with Gasteiger partial charge in [0.25, 0.3) is 0 Å². The Balaban J connectivity index is 1.83. The molecule has 0 amide bonds. The Morgan fingerprint density at radius 3 is 2.65 bits per heavy atom. The van der Waals surface area contributed by atoms with Crippen LogP contribution in [0.4, 0.5) is 11.8 Å². The van der Waals surface area contributed by atoms with Crippen molar-refractivity contribution in [3.8, 4) is 0 Å². The van der Waals surface area contributed by atoms with Gasteiger partial charge in [0.2, 0.25) is 5.95 Å². The van der Waals surface area contributed by atoms with E-state index in [0.717, 1.165) is 63.8 Å². The Morgan fingerprint density at radius 2 is 1.96 bits per heavy atom. The first-order valence-electron chi connectivity index (χ1n) is 8.49. The fourth-order valence-electron chi connectivity index (χ4n) is 3.26. The van der Waals surface area contributed by atoms with Crippen LogP contribution in [0.15, 0.2) is 0 Å². The van der Waals surface area contributed by atoms with Crippen molar-refractivity contribution in [1.82, 2.24) is 14.9 Å². The van der Waals surface area contributed by atoms with Gasteiger partial charge in [-0.25, -0.2) is 4.98 Å². The van der Waals surface area contributed by atoms with Crippen LogP contribution in [0.1, 0.15) is 35.8 Å². The Labute approximate surface area is 136 Å². The third-order valence-corrected chi connectivity index (χ3v) is 4.48. The molecule has 23 heavy (non-hydrogen) atoms. The fourth-order valence-corrected chi connectivity index (χ4v) is 3.26. The number of Topliss-reactive ketones (excluding diaryl/α,β-unsaturated/α-hetero) is 1. The highest BCUT2D eigenvalue weighted by molar-refractivity contribution is 6.02. The molecule has 2 aliphatic rings. The van der Waals surface area contributed by atoms with Crippen LogP contribution in [0.5, 0.6) is 0 Å². The second-order valence-electron chi connectivity index (χ2n) is 6.05. The van der Waals surface area contributed by atoms with Crippen molar-refractivity contribution in [3.63, 3.8) is 0 Å². The van der Waals surface area contributed by atoms with E-state index in [9.17, 15) is 4.79 Å². The molecule has 1 saturated heterocycles. The SMILES string of the molecule is CCNc1nc(N2CCN(CCO)CC2)nc2c1C(=O)CCC2. The van der Waals surface area contributed by atoms with E-state index in [1.54, 1.807) is 0 Å². The molecular formula is C16H25N5O2. The predicted molar refractivity (Wildman–Crippen MR) is 89.2 cm³/mol. The van der Waals surface area contributed by atoms with E-state index in [1.807, 2.05) is 6.92 Å². The number of aliphatic hydroxyl groups is 1. The first-order chi connectivity index (χ1) is 11.2. The van der Waals surface area contributed by atoms with Crippen molar-refractivity contribution in [3.05, 3.63) is 11.3 Å². The van der Waals surface area contributed by atoms with E-state index < -0.39 is 0 Å². The first kappa shape index (κ1) is 16.1. The molecule has 0 atom stereocenters. The summed E-state index contributed by atoms with van der Waals surface area (Å²) in [6, 6.07) is 0. The number of hydrogen-bond acceptors (Lipinski definition) is 7. The Morgan fingerprint density at radius 1 is 1.17 bits per heavy atom. The largest absolute Gasteiger partial charge is 0.395 e. The maximum absolute atomic E-state index is 12.2. The summed E-state index contributed by atoms with van der Waals surface area (Å²) in [4.78, 5) is 26.0. The predicted octanol–water partition coefficient (Wildman–Crippen LogP) is 0.542. The number of nitrogens with zero attached hydrogens (tertiary/aromatic N) is 4. The summed E-state index contributed by atoms with van der Waals surface area (Å²) in [6.07, 6.45) is 2.31. The minimum Gasteiger partial charge on any atom is -0.395 e. The molecule has 3 rings (SSSR count). The van der Waals surface area contributed by atoms with Crippen LogP contribution in [0.2, 0.25) is 0 Å². The van der Waals surface area contributed by atoms with Crippen molar-refractivity contribution >= 4 is 17.5 Å². The van der Waals surface area contributed by atoms with Gasteiger partial charge in [0.15, 0.2) is 5.78 Å². The van der Waals surface area contributed by atoms with Gasteiger partial charge in [0.1, 0.15) is 5.82 Å². The molecule has 2 N–H and O–H groups in total. The summed E-state index contributed by atoms with van der Waals surface area (Å²) >= 11 is 0. The highest BCUT2D eigenvalue weighted by Gasteiger charge is 2.26. The lowest BCUT2D eigenvalue weighted by molar-refractivity contribution is 0.0972. The van der Waals surface area contributed by atoms with Gasteiger partial charge in [-0.1, -0.05) is 0 Å². The van der Waals surface area contributed by atoms with E-state index >= 15 is 0 Å². The summed E-state index contributed by atoms with van der Waals surface area (Å²) in [5.41, 5.74) is 1.58. The van der Waals surface area contributed by atoms with Gasteiger partial charge in [0, 0.05) is 45.7 Å². The summed E-state index contributed by atoms with van der Waals surface area (Å²) in [6.45, 7) is 7.15. The molecule has 0 bridgehead atoms. The molecule has 1 aliphatic heterocycles. The van der Waals surface area contributed by atoms with Crippen LogP contribution in [-0.2, 0) is 6.42 Å². The van der Waals surface area contributed by atoms with E-state index in [4.69, 9.17) is 5.11 Å². The topological polar surface area (TPSA) is 81.6 Å². The number of ketones is 1. The molecule has 1 aliphatic carbocycles. The number of aromatic nitrogens is 2. The third-order valence-electron chi connectivity index (χ3n) is 4.48. The molecule has 0 unspecified atom stereocenters. The van der Waals surface area contributed by atoms with E-state index in [2.05, 4.69) is 25.1 Å². The minimum atomic E-state index is 0.154. The molecule has 1 fully saturated rings. The van der Waals surface area contributed by atoms with Gasteiger partial charge in [-0.15, -0.1) is 0 Å². The van der Waals surface area contributed by atoms with Crippen LogP contribution < -0.4 is 10.2 Å². The van der Waals surface area contributed by atoms with Gasteiger partial charge in [0.05, 0.1) is 17.9 Å². The highest BCUT2D eigenvalue weighted by Crippen LogP contribution is 2.28. The molecule has 0 saturated carbocycles. The Hall–Kier alpha value is -1.73. The average Bonchev–Trinajstić information content (AvgIpc) is 2.56. The molecule has 0 spiro atoms. The number of fused-ring (bicyclic) bond motifs is 1. The van der Waals surface area contributed by atoms with Crippen molar-refractivity contribution in [1.29, 1.82) is 0 Å². The average molecular weight is 319 g/mol. The van der Waals surface area contributed by atoms with Crippen LogP contribution in [-0.4, -0.2) is 71.6 Å². The van der Waals surface area contributed by atoms with E-state index in [-0.39, 0.29) is 12.4 Å². The Kier molecular flexibility index (Phi) is 5.07. The van der Waals surface area contributed by atoms with E-state index in [1.165, 1.54) is 0 Å². The van der Waals surface area contributed by atoms with Gasteiger partial charge in [-0.05, 0) is 19.8 Å². The summed E-state index contributed by atoms with van der Waals surface area (Å²) in [5, 5.41) is 12.3. The first-order valence-corrected chi connectivity index (χ1v) is 8.49.